The van der Waals surface area contributed by atoms with Gasteiger partial charge in [0.25, 0.3) is 5.56 Å². The van der Waals surface area contributed by atoms with E-state index in [1.807, 2.05) is 37.3 Å². The van der Waals surface area contributed by atoms with Crippen LogP contribution in [0.2, 0.25) is 0 Å². The lowest BCUT2D eigenvalue weighted by atomic mass is 10.1. The Morgan fingerprint density at radius 2 is 1.90 bits per heavy atom. The van der Waals surface area contributed by atoms with Gasteiger partial charge in [-0.15, -0.1) is 0 Å². The number of anilines is 3. The van der Waals surface area contributed by atoms with Gasteiger partial charge in [-0.3, -0.25) is 9.48 Å². The van der Waals surface area contributed by atoms with E-state index in [2.05, 4.69) is 39.2 Å². The van der Waals surface area contributed by atoms with Crippen molar-refractivity contribution >= 4 is 28.0 Å². The lowest BCUT2D eigenvalue weighted by Gasteiger charge is -2.29. The largest absolute Gasteiger partial charge is 0.378 e. The molecule has 0 atom stereocenters. The molecule has 0 unspecified atom stereocenters. The Bertz CT molecular complexity index is 1270. The molecule has 1 fully saturated rings. The van der Waals surface area contributed by atoms with E-state index in [0.29, 0.717) is 11.2 Å². The summed E-state index contributed by atoms with van der Waals surface area (Å²) in [6, 6.07) is 12.2. The van der Waals surface area contributed by atoms with Crippen LogP contribution in [0.15, 0.2) is 59.8 Å². The van der Waals surface area contributed by atoms with Gasteiger partial charge in [0, 0.05) is 56.5 Å². The fourth-order valence-electron chi connectivity index (χ4n) is 3.97. The Morgan fingerprint density at radius 3 is 2.61 bits per heavy atom. The van der Waals surface area contributed by atoms with Crippen molar-refractivity contribution in [1.82, 2.24) is 19.7 Å². The fourth-order valence-corrected chi connectivity index (χ4v) is 3.97. The number of aromatic nitrogens is 4. The molecule has 4 heterocycles. The van der Waals surface area contributed by atoms with Gasteiger partial charge in [-0.05, 0) is 41.8 Å². The molecule has 1 saturated heterocycles. The van der Waals surface area contributed by atoms with E-state index in [0.717, 1.165) is 48.6 Å². The number of pyridine rings is 2. The molecule has 8 heteroatoms. The summed E-state index contributed by atoms with van der Waals surface area (Å²) in [5.74, 6) is 0.609. The zero-order valence-corrected chi connectivity index (χ0v) is 17.6. The zero-order valence-electron chi connectivity index (χ0n) is 17.6. The zero-order chi connectivity index (χ0) is 21.4. The highest BCUT2D eigenvalue weighted by molar-refractivity contribution is 5.95. The standard InChI is InChI=1S/C23H24N6O2/c1-27-15-17(14-25-27)20-13-16-7-8-24-23(30)21(16)22(26-20)28(2)18-3-5-19(6-4-18)29-9-11-31-12-10-29/h3-8,13-15H,9-12H2,1-2H3,(H,24,30). The fraction of sp³-hybridized carbons (Fsp3) is 0.261. The van der Waals surface area contributed by atoms with Crippen LogP contribution in [0, 0.1) is 0 Å². The highest BCUT2D eigenvalue weighted by Gasteiger charge is 2.17. The van der Waals surface area contributed by atoms with E-state index in [4.69, 9.17) is 9.72 Å². The number of rotatable bonds is 4. The van der Waals surface area contributed by atoms with Gasteiger partial charge in [0.05, 0.1) is 30.5 Å². The van der Waals surface area contributed by atoms with E-state index in [-0.39, 0.29) is 5.56 Å². The molecule has 1 aliphatic heterocycles. The molecule has 31 heavy (non-hydrogen) atoms. The summed E-state index contributed by atoms with van der Waals surface area (Å²) >= 11 is 0. The first-order chi connectivity index (χ1) is 15.1. The third kappa shape index (κ3) is 3.66. The first-order valence-electron chi connectivity index (χ1n) is 10.3. The first-order valence-corrected chi connectivity index (χ1v) is 10.3. The van der Waals surface area contributed by atoms with Crippen molar-refractivity contribution in [3.05, 3.63) is 65.3 Å². The van der Waals surface area contributed by atoms with Crippen LogP contribution < -0.4 is 15.4 Å². The van der Waals surface area contributed by atoms with Crippen LogP contribution >= 0.6 is 0 Å². The Hall–Kier alpha value is -3.65. The molecule has 1 aromatic carbocycles. The molecular weight excluding hydrogens is 392 g/mol. The van der Waals surface area contributed by atoms with Crippen LogP contribution in [-0.2, 0) is 11.8 Å². The van der Waals surface area contributed by atoms with E-state index in [1.54, 1.807) is 17.1 Å². The predicted molar refractivity (Wildman–Crippen MR) is 122 cm³/mol. The number of aryl methyl sites for hydroxylation is 1. The van der Waals surface area contributed by atoms with Crippen molar-refractivity contribution in [2.75, 3.05) is 43.2 Å². The number of ether oxygens (including phenoxy) is 1. The lowest BCUT2D eigenvalue weighted by molar-refractivity contribution is 0.122. The van der Waals surface area contributed by atoms with Gasteiger partial charge in [0.15, 0.2) is 0 Å². The average Bonchev–Trinajstić information content (AvgIpc) is 3.25. The lowest BCUT2D eigenvalue weighted by Crippen LogP contribution is -2.36. The summed E-state index contributed by atoms with van der Waals surface area (Å²) in [7, 11) is 3.81. The number of nitrogens with one attached hydrogen (secondary N) is 1. The minimum Gasteiger partial charge on any atom is -0.378 e. The van der Waals surface area contributed by atoms with Gasteiger partial charge < -0.3 is 19.5 Å². The average molecular weight is 416 g/mol. The number of benzene rings is 1. The maximum atomic E-state index is 12.7. The van der Waals surface area contributed by atoms with Crippen molar-refractivity contribution in [3.63, 3.8) is 0 Å². The van der Waals surface area contributed by atoms with Crippen LogP contribution in [0.5, 0.6) is 0 Å². The topological polar surface area (TPSA) is 79.3 Å². The molecule has 0 amide bonds. The Labute approximate surface area is 179 Å². The predicted octanol–water partition coefficient (Wildman–Crippen LogP) is 2.93. The van der Waals surface area contributed by atoms with Gasteiger partial charge in [0.1, 0.15) is 5.82 Å². The molecule has 0 radical (unpaired) electrons. The van der Waals surface area contributed by atoms with Gasteiger partial charge in [-0.25, -0.2) is 4.98 Å². The minimum absolute atomic E-state index is 0.158. The quantitative estimate of drug-likeness (QED) is 0.551. The second-order valence-electron chi connectivity index (χ2n) is 7.68. The number of nitrogens with zero attached hydrogens (tertiary/aromatic N) is 5. The highest BCUT2D eigenvalue weighted by Crippen LogP contribution is 2.32. The van der Waals surface area contributed by atoms with Gasteiger partial charge in [-0.2, -0.15) is 5.10 Å². The number of hydrogen-bond acceptors (Lipinski definition) is 6. The third-order valence-corrected chi connectivity index (χ3v) is 5.67. The van der Waals surface area contributed by atoms with Crippen LogP contribution in [0.1, 0.15) is 0 Å². The molecule has 4 aromatic rings. The molecule has 0 bridgehead atoms. The maximum Gasteiger partial charge on any atom is 0.259 e. The molecule has 1 N–H and O–H groups in total. The number of H-pyrrole nitrogens is 1. The molecule has 0 spiro atoms. The summed E-state index contributed by atoms with van der Waals surface area (Å²) in [5, 5.41) is 5.66. The summed E-state index contributed by atoms with van der Waals surface area (Å²) in [6.07, 6.45) is 5.36. The second-order valence-corrected chi connectivity index (χ2v) is 7.68. The molecule has 1 aliphatic rings. The number of morpholine rings is 1. The molecule has 8 nitrogen and oxygen atoms in total. The highest BCUT2D eigenvalue weighted by atomic mass is 16.5. The maximum absolute atomic E-state index is 12.7. The van der Waals surface area contributed by atoms with Crippen molar-refractivity contribution in [3.8, 4) is 11.3 Å². The van der Waals surface area contributed by atoms with Gasteiger partial charge >= 0.3 is 0 Å². The van der Waals surface area contributed by atoms with Crippen LogP contribution in [0.3, 0.4) is 0 Å². The second kappa shape index (κ2) is 7.88. The van der Waals surface area contributed by atoms with Gasteiger partial charge in [-0.1, -0.05) is 0 Å². The number of hydrogen-bond donors (Lipinski definition) is 1. The Kier molecular flexibility index (Phi) is 4.91. The van der Waals surface area contributed by atoms with Crippen LogP contribution in [0.25, 0.3) is 22.0 Å². The van der Waals surface area contributed by atoms with Crippen molar-refractivity contribution < 1.29 is 4.74 Å². The smallest absolute Gasteiger partial charge is 0.259 e. The van der Waals surface area contributed by atoms with Crippen molar-refractivity contribution in [2.45, 2.75) is 0 Å². The summed E-state index contributed by atoms with van der Waals surface area (Å²) in [6.45, 7) is 3.29. The minimum atomic E-state index is -0.158. The molecule has 3 aromatic heterocycles. The van der Waals surface area contributed by atoms with E-state index < -0.39 is 0 Å². The monoisotopic (exact) mass is 416 g/mol. The Morgan fingerprint density at radius 1 is 1.13 bits per heavy atom. The first kappa shape index (κ1) is 19.3. The molecule has 0 aliphatic carbocycles. The summed E-state index contributed by atoms with van der Waals surface area (Å²) in [4.78, 5) is 24.6. The van der Waals surface area contributed by atoms with E-state index in [9.17, 15) is 4.79 Å². The molecule has 0 saturated carbocycles. The number of fused-ring (bicyclic) bond motifs is 1. The van der Waals surface area contributed by atoms with Crippen molar-refractivity contribution in [1.29, 1.82) is 0 Å². The molecular formula is C23H24N6O2. The summed E-state index contributed by atoms with van der Waals surface area (Å²) in [5.41, 5.74) is 3.65. The normalized spacial score (nSPS) is 14.2. The van der Waals surface area contributed by atoms with Crippen molar-refractivity contribution in [2.24, 2.45) is 7.05 Å². The molecule has 158 valence electrons. The summed E-state index contributed by atoms with van der Waals surface area (Å²) < 4.78 is 7.19. The molecule has 5 rings (SSSR count). The van der Waals surface area contributed by atoms with Crippen LogP contribution in [-0.4, -0.2) is 53.1 Å². The van der Waals surface area contributed by atoms with E-state index in [1.165, 1.54) is 5.69 Å². The SMILES string of the molecule is CN(c1ccc(N2CCOCC2)cc1)c1nc(-c2cnn(C)c2)cc2cc[nH]c(=O)c12. The van der Waals surface area contributed by atoms with E-state index >= 15 is 0 Å². The number of aromatic amines is 1. The van der Waals surface area contributed by atoms with Gasteiger partial charge in [0.2, 0.25) is 0 Å². The van der Waals surface area contributed by atoms with Crippen LogP contribution in [0.4, 0.5) is 17.2 Å². The Balaban J connectivity index is 1.57. The third-order valence-electron chi connectivity index (χ3n) is 5.67.